The number of esters is 1. The second-order valence-electron chi connectivity index (χ2n) is 4.65. The minimum atomic E-state index is -0.506. The molecule has 1 heterocycles. The van der Waals surface area contributed by atoms with Crippen molar-refractivity contribution in [2.24, 2.45) is 0 Å². The van der Waals surface area contributed by atoms with E-state index in [4.69, 9.17) is 16.0 Å². The molecule has 0 unspecified atom stereocenters. The van der Waals surface area contributed by atoms with Crippen molar-refractivity contribution in [1.29, 1.82) is 0 Å². The zero-order valence-electron chi connectivity index (χ0n) is 12.4. The highest BCUT2D eigenvalue weighted by Crippen LogP contribution is 2.24. The summed E-state index contributed by atoms with van der Waals surface area (Å²) in [5.41, 5.74) is 1.31. The molecule has 6 nitrogen and oxygen atoms in total. The van der Waals surface area contributed by atoms with Gasteiger partial charge in [-0.1, -0.05) is 11.6 Å². The number of rotatable bonds is 4. The first kappa shape index (κ1) is 16.0. The van der Waals surface area contributed by atoms with Crippen molar-refractivity contribution in [2.45, 2.75) is 20.3 Å². The van der Waals surface area contributed by atoms with Crippen LogP contribution >= 0.6 is 11.6 Å². The lowest BCUT2D eigenvalue weighted by Gasteiger charge is -2.08. The van der Waals surface area contributed by atoms with Gasteiger partial charge in [0, 0.05) is 6.92 Å². The van der Waals surface area contributed by atoms with Gasteiger partial charge in [-0.2, -0.15) is 0 Å². The number of nitrogens with zero attached hydrogens (tertiary/aromatic N) is 1. The van der Waals surface area contributed by atoms with E-state index in [0.29, 0.717) is 33.6 Å². The summed E-state index contributed by atoms with van der Waals surface area (Å²) in [6.45, 7) is 3.48. The van der Waals surface area contributed by atoms with Gasteiger partial charge in [0.05, 0.1) is 35.5 Å². The second-order valence-corrected chi connectivity index (χ2v) is 5.06. The highest BCUT2D eigenvalue weighted by Gasteiger charge is 2.15. The molecule has 2 aromatic rings. The lowest BCUT2D eigenvalue weighted by Crippen LogP contribution is -2.15. The largest absolute Gasteiger partial charge is 0.465 e. The normalized spacial score (nSPS) is 10.4. The molecule has 0 bridgehead atoms. The number of hydrogen-bond acceptors (Lipinski definition) is 5. The Morgan fingerprint density at radius 2 is 2.09 bits per heavy atom. The van der Waals surface area contributed by atoms with Gasteiger partial charge in [0.1, 0.15) is 5.76 Å². The molecule has 0 aliphatic rings. The summed E-state index contributed by atoms with van der Waals surface area (Å²) >= 11 is 6.02. The van der Waals surface area contributed by atoms with Crippen LogP contribution in [0, 0.1) is 13.8 Å². The Hall–Kier alpha value is -2.34. The topological polar surface area (TPSA) is 81.4 Å². The zero-order chi connectivity index (χ0) is 16.3. The van der Waals surface area contributed by atoms with E-state index in [2.05, 4.69) is 15.0 Å². The van der Waals surface area contributed by atoms with Crippen molar-refractivity contribution in [3.05, 3.63) is 46.1 Å². The van der Waals surface area contributed by atoms with Crippen molar-refractivity contribution >= 4 is 29.2 Å². The number of methoxy groups -OCH3 is 1. The number of amides is 1. The fraction of sp³-hybridized carbons (Fsp3) is 0.267. The van der Waals surface area contributed by atoms with Crippen molar-refractivity contribution in [2.75, 3.05) is 12.4 Å². The summed E-state index contributed by atoms with van der Waals surface area (Å²) in [6.07, 6.45) is 0.0332. The first-order valence-corrected chi connectivity index (χ1v) is 6.89. The maximum atomic E-state index is 12.1. The van der Waals surface area contributed by atoms with Gasteiger partial charge < -0.3 is 14.5 Å². The first-order chi connectivity index (χ1) is 10.4. The van der Waals surface area contributed by atoms with E-state index in [1.165, 1.54) is 25.3 Å². The summed E-state index contributed by atoms with van der Waals surface area (Å²) in [7, 11) is 1.28. The quantitative estimate of drug-likeness (QED) is 0.875. The molecule has 1 aromatic carbocycles. The fourth-order valence-electron chi connectivity index (χ4n) is 1.94. The van der Waals surface area contributed by atoms with Crippen LogP contribution in [-0.2, 0) is 16.0 Å². The van der Waals surface area contributed by atoms with E-state index >= 15 is 0 Å². The van der Waals surface area contributed by atoms with Crippen LogP contribution in [0.2, 0.25) is 5.02 Å². The molecule has 0 aliphatic heterocycles. The number of ether oxygens (including phenoxy) is 1. The number of aromatic nitrogens is 1. The smallest absolute Gasteiger partial charge is 0.337 e. The van der Waals surface area contributed by atoms with Gasteiger partial charge in [-0.15, -0.1) is 0 Å². The Morgan fingerprint density at radius 3 is 2.68 bits per heavy atom. The van der Waals surface area contributed by atoms with Gasteiger partial charge in [-0.25, -0.2) is 9.78 Å². The lowest BCUT2D eigenvalue weighted by molar-refractivity contribution is -0.115. The van der Waals surface area contributed by atoms with E-state index in [1.807, 2.05) is 0 Å². The molecule has 0 saturated heterocycles. The third kappa shape index (κ3) is 3.65. The summed E-state index contributed by atoms with van der Waals surface area (Å²) in [6, 6.07) is 4.51. The van der Waals surface area contributed by atoms with Crippen LogP contribution in [0.15, 0.2) is 22.6 Å². The molecule has 1 N–H and O–H groups in total. The number of carbonyl (C=O) groups excluding carboxylic acids is 2. The number of halogens is 1. The Balaban J connectivity index is 2.14. The standard InChI is InChI=1S/C15H15ClN2O4/c1-8-13(22-9(2)17-8)7-14(19)18-12-6-10(15(20)21-3)4-5-11(12)16/h4-6H,7H2,1-3H3,(H,18,19). The first-order valence-electron chi connectivity index (χ1n) is 6.51. The minimum absolute atomic E-state index is 0.0332. The number of benzene rings is 1. The van der Waals surface area contributed by atoms with Crippen LogP contribution in [0.5, 0.6) is 0 Å². The van der Waals surface area contributed by atoms with Crippen LogP contribution in [0.25, 0.3) is 0 Å². The Bertz CT molecular complexity index is 724. The Labute approximate surface area is 132 Å². The van der Waals surface area contributed by atoms with Crippen LogP contribution in [0.1, 0.15) is 27.7 Å². The highest BCUT2D eigenvalue weighted by atomic mass is 35.5. The van der Waals surface area contributed by atoms with Gasteiger partial charge >= 0.3 is 5.97 Å². The molecule has 1 aromatic heterocycles. The summed E-state index contributed by atoms with van der Waals surface area (Å²) in [5.74, 6) is 0.179. The Morgan fingerprint density at radius 1 is 1.36 bits per heavy atom. The molecule has 22 heavy (non-hydrogen) atoms. The predicted molar refractivity (Wildman–Crippen MR) is 81.1 cm³/mol. The molecule has 0 radical (unpaired) electrons. The molecule has 116 valence electrons. The average molecular weight is 323 g/mol. The SMILES string of the molecule is COC(=O)c1ccc(Cl)c(NC(=O)Cc2oc(C)nc2C)c1. The van der Waals surface area contributed by atoms with E-state index in [-0.39, 0.29) is 12.3 Å². The monoisotopic (exact) mass is 322 g/mol. The number of nitrogens with one attached hydrogen (secondary N) is 1. The number of anilines is 1. The summed E-state index contributed by atoms with van der Waals surface area (Å²) in [5, 5.41) is 2.97. The van der Waals surface area contributed by atoms with Crippen molar-refractivity contribution in [3.63, 3.8) is 0 Å². The van der Waals surface area contributed by atoms with E-state index in [9.17, 15) is 9.59 Å². The van der Waals surface area contributed by atoms with Gasteiger partial charge in [-0.05, 0) is 25.1 Å². The van der Waals surface area contributed by atoms with Crippen LogP contribution in [0.3, 0.4) is 0 Å². The Kier molecular flexibility index (Phi) is 4.82. The molecule has 2 rings (SSSR count). The van der Waals surface area contributed by atoms with Crippen LogP contribution in [-0.4, -0.2) is 24.0 Å². The third-order valence-corrected chi connectivity index (χ3v) is 3.31. The van der Waals surface area contributed by atoms with Crippen molar-refractivity contribution < 1.29 is 18.7 Å². The number of aryl methyl sites for hydroxylation is 2. The number of carbonyl (C=O) groups is 2. The van der Waals surface area contributed by atoms with E-state index in [1.54, 1.807) is 13.8 Å². The molecule has 0 spiro atoms. The van der Waals surface area contributed by atoms with Gasteiger partial charge in [0.25, 0.3) is 0 Å². The molecule has 0 atom stereocenters. The second kappa shape index (κ2) is 6.62. The van der Waals surface area contributed by atoms with E-state index < -0.39 is 5.97 Å². The third-order valence-electron chi connectivity index (χ3n) is 2.98. The van der Waals surface area contributed by atoms with Crippen LogP contribution < -0.4 is 5.32 Å². The van der Waals surface area contributed by atoms with Crippen molar-refractivity contribution in [1.82, 2.24) is 4.98 Å². The molecular weight excluding hydrogens is 308 g/mol. The number of hydrogen-bond donors (Lipinski definition) is 1. The maximum Gasteiger partial charge on any atom is 0.337 e. The van der Waals surface area contributed by atoms with Gasteiger partial charge in [0.2, 0.25) is 5.91 Å². The average Bonchev–Trinajstić information content (AvgIpc) is 2.78. The molecule has 7 heteroatoms. The molecule has 0 fully saturated rings. The van der Waals surface area contributed by atoms with Crippen molar-refractivity contribution in [3.8, 4) is 0 Å². The maximum absolute atomic E-state index is 12.1. The summed E-state index contributed by atoms with van der Waals surface area (Å²) < 4.78 is 9.99. The predicted octanol–water partition coefficient (Wildman–Crippen LogP) is 2.91. The highest BCUT2D eigenvalue weighted by molar-refractivity contribution is 6.33. The molecule has 0 saturated carbocycles. The summed E-state index contributed by atoms with van der Waals surface area (Å²) in [4.78, 5) is 27.7. The lowest BCUT2D eigenvalue weighted by atomic mass is 10.2. The minimum Gasteiger partial charge on any atom is -0.465 e. The zero-order valence-corrected chi connectivity index (χ0v) is 13.2. The molecule has 1 amide bonds. The van der Waals surface area contributed by atoms with E-state index in [0.717, 1.165) is 0 Å². The van der Waals surface area contributed by atoms with Crippen LogP contribution in [0.4, 0.5) is 5.69 Å². The number of oxazole rings is 1. The van der Waals surface area contributed by atoms with Gasteiger partial charge in [-0.3, -0.25) is 4.79 Å². The molecular formula is C15H15ClN2O4. The van der Waals surface area contributed by atoms with Gasteiger partial charge in [0.15, 0.2) is 5.89 Å². The fourth-order valence-corrected chi connectivity index (χ4v) is 2.11. The molecule has 0 aliphatic carbocycles.